The van der Waals surface area contributed by atoms with Gasteiger partial charge in [0.25, 0.3) is 0 Å². The zero-order chi connectivity index (χ0) is 12.1. The van der Waals surface area contributed by atoms with Gasteiger partial charge in [-0.1, -0.05) is 6.92 Å². The third-order valence-corrected chi connectivity index (χ3v) is 2.52. The van der Waals surface area contributed by atoms with E-state index in [1.165, 1.54) is 13.2 Å². The summed E-state index contributed by atoms with van der Waals surface area (Å²) in [5.74, 6) is -0.343. The molecular weight excluding hydrogens is 211 g/mol. The second-order valence-corrected chi connectivity index (χ2v) is 3.70. The van der Waals surface area contributed by atoms with E-state index in [2.05, 4.69) is 0 Å². The molecule has 0 spiro atoms. The summed E-state index contributed by atoms with van der Waals surface area (Å²) in [5, 5.41) is 9.10. The topological polar surface area (TPSA) is 38.7 Å². The van der Waals surface area contributed by atoms with Crippen molar-refractivity contribution in [2.75, 3.05) is 20.8 Å². The highest BCUT2D eigenvalue weighted by Crippen LogP contribution is 2.27. The van der Waals surface area contributed by atoms with Crippen LogP contribution < -0.4 is 4.74 Å². The fourth-order valence-corrected chi connectivity index (χ4v) is 1.60. The maximum atomic E-state index is 13.5. The van der Waals surface area contributed by atoms with Crippen molar-refractivity contribution in [3.8, 4) is 5.75 Å². The van der Waals surface area contributed by atoms with Crippen LogP contribution in [-0.4, -0.2) is 25.9 Å². The minimum atomic E-state index is -0.419. The van der Waals surface area contributed by atoms with Crippen molar-refractivity contribution in [3.05, 3.63) is 29.1 Å². The van der Waals surface area contributed by atoms with E-state index in [9.17, 15) is 4.39 Å². The Kier molecular flexibility index (Phi) is 4.71. The van der Waals surface area contributed by atoms with E-state index >= 15 is 0 Å². The molecule has 0 saturated carbocycles. The van der Waals surface area contributed by atoms with E-state index in [1.54, 1.807) is 13.2 Å². The average Bonchev–Trinajstić information content (AvgIpc) is 2.30. The van der Waals surface area contributed by atoms with Crippen molar-refractivity contribution in [1.29, 1.82) is 0 Å². The number of aliphatic hydroxyl groups excluding tert-OH is 1. The van der Waals surface area contributed by atoms with Crippen LogP contribution >= 0.6 is 0 Å². The Morgan fingerprint density at radius 3 is 2.56 bits per heavy atom. The van der Waals surface area contributed by atoms with Crippen molar-refractivity contribution < 1.29 is 19.0 Å². The lowest BCUT2D eigenvalue weighted by Gasteiger charge is -2.16. The summed E-state index contributed by atoms with van der Waals surface area (Å²) in [6, 6.07) is 3.01. The van der Waals surface area contributed by atoms with Crippen molar-refractivity contribution in [2.24, 2.45) is 0 Å². The molecular formula is C12H17FO3. The molecule has 4 heteroatoms. The summed E-state index contributed by atoms with van der Waals surface area (Å²) >= 11 is 0. The second-order valence-electron chi connectivity index (χ2n) is 3.70. The molecule has 1 atom stereocenters. The van der Waals surface area contributed by atoms with E-state index in [4.69, 9.17) is 14.6 Å². The Balaban J connectivity index is 3.18. The summed E-state index contributed by atoms with van der Waals surface area (Å²) < 4.78 is 23.5. The first-order valence-corrected chi connectivity index (χ1v) is 5.10. The number of aliphatic hydroxyl groups is 1. The summed E-state index contributed by atoms with van der Waals surface area (Å²) in [7, 11) is 2.99. The number of halogens is 1. The van der Waals surface area contributed by atoms with Crippen molar-refractivity contribution in [2.45, 2.75) is 19.4 Å². The van der Waals surface area contributed by atoms with Gasteiger partial charge in [-0.25, -0.2) is 4.39 Å². The van der Waals surface area contributed by atoms with E-state index in [0.29, 0.717) is 6.61 Å². The van der Waals surface area contributed by atoms with Crippen molar-refractivity contribution in [1.82, 2.24) is 0 Å². The molecule has 0 aliphatic heterocycles. The maximum Gasteiger partial charge on any atom is 0.165 e. The quantitative estimate of drug-likeness (QED) is 0.838. The lowest BCUT2D eigenvalue weighted by Crippen LogP contribution is -2.06. The molecule has 1 N–H and O–H groups in total. The van der Waals surface area contributed by atoms with E-state index in [1.807, 2.05) is 6.92 Å². The molecule has 1 rings (SSSR count). The van der Waals surface area contributed by atoms with Gasteiger partial charge in [-0.3, -0.25) is 0 Å². The predicted molar refractivity (Wildman–Crippen MR) is 59.2 cm³/mol. The summed E-state index contributed by atoms with van der Waals surface area (Å²) in [6.45, 7) is 2.18. The van der Waals surface area contributed by atoms with Gasteiger partial charge >= 0.3 is 0 Å². The summed E-state index contributed by atoms with van der Waals surface area (Å²) in [4.78, 5) is 0. The Hall–Kier alpha value is -1.13. The van der Waals surface area contributed by atoms with Crippen LogP contribution in [0.3, 0.4) is 0 Å². The van der Waals surface area contributed by atoms with E-state index in [0.717, 1.165) is 11.1 Å². The number of methoxy groups -OCH3 is 2. The van der Waals surface area contributed by atoms with Crippen LogP contribution in [0.1, 0.15) is 24.0 Å². The third kappa shape index (κ3) is 2.71. The van der Waals surface area contributed by atoms with Crippen LogP contribution in [0.5, 0.6) is 5.75 Å². The van der Waals surface area contributed by atoms with Gasteiger partial charge in [0.2, 0.25) is 0 Å². The van der Waals surface area contributed by atoms with Gasteiger partial charge in [0.15, 0.2) is 11.6 Å². The van der Waals surface area contributed by atoms with Crippen LogP contribution in [0.4, 0.5) is 4.39 Å². The monoisotopic (exact) mass is 228 g/mol. The number of ether oxygens (including phenoxy) is 2. The maximum absolute atomic E-state index is 13.5. The Morgan fingerprint density at radius 1 is 1.38 bits per heavy atom. The van der Waals surface area contributed by atoms with Gasteiger partial charge in [-0.05, 0) is 23.3 Å². The number of hydrogen-bond donors (Lipinski definition) is 1. The molecule has 0 aliphatic rings. The van der Waals surface area contributed by atoms with Crippen LogP contribution in [0.25, 0.3) is 0 Å². The fraction of sp³-hybridized carbons (Fsp3) is 0.500. The molecule has 1 aromatic carbocycles. The van der Waals surface area contributed by atoms with Gasteiger partial charge < -0.3 is 14.6 Å². The lowest BCUT2D eigenvalue weighted by atomic mass is 9.96. The number of rotatable bonds is 5. The normalized spacial score (nSPS) is 12.6. The zero-order valence-corrected chi connectivity index (χ0v) is 9.79. The fourth-order valence-electron chi connectivity index (χ4n) is 1.60. The first kappa shape index (κ1) is 12.9. The van der Waals surface area contributed by atoms with Crippen LogP contribution in [-0.2, 0) is 11.3 Å². The molecule has 0 heterocycles. The molecule has 0 fully saturated rings. The van der Waals surface area contributed by atoms with Gasteiger partial charge in [0, 0.05) is 19.6 Å². The molecule has 0 amide bonds. The highest BCUT2D eigenvalue weighted by atomic mass is 19.1. The molecule has 0 bridgehead atoms. The number of hydrogen-bond acceptors (Lipinski definition) is 3. The number of benzene rings is 1. The average molecular weight is 228 g/mol. The Bertz CT molecular complexity index is 352. The third-order valence-electron chi connectivity index (χ3n) is 2.52. The first-order valence-electron chi connectivity index (χ1n) is 5.10. The molecule has 0 aliphatic carbocycles. The van der Waals surface area contributed by atoms with Gasteiger partial charge in [-0.15, -0.1) is 0 Å². The molecule has 1 unspecified atom stereocenters. The van der Waals surface area contributed by atoms with E-state index < -0.39 is 5.82 Å². The predicted octanol–water partition coefficient (Wildman–Crippen LogP) is 2.08. The highest BCUT2D eigenvalue weighted by molar-refractivity contribution is 5.38. The van der Waals surface area contributed by atoms with Crippen LogP contribution in [0.15, 0.2) is 12.1 Å². The molecule has 0 saturated heterocycles. The zero-order valence-electron chi connectivity index (χ0n) is 9.79. The highest BCUT2D eigenvalue weighted by Gasteiger charge is 2.14. The van der Waals surface area contributed by atoms with Crippen LogP contribution in [0.2, 0.25) is 0 Å². The molecule has 0 aromatic heterocycles. The molecule has 0 radical (unpaired) electrons. The minimum absolute atomic E-state index is 0.0253. The largest absolute Gasteiger partial charge is 0.494 e. The van der Waals surface area contributed by atoms with E-state index in [-0.39, 0.29) is 18.3 Å². The lowest BCUT2D eigenvalue weighted by molar-refractivity contribution is 0.182. The first-order chi connectivity index (χ1) is 7.63. The van der Waals surface area contributed by atoms with Crippen LogP contribution in [0, 0.1) is 5.82 Å². The van der Waals surface area contributed by atoms with Gasteiger partial charge in [0.05, 0.1) is 13.7 Å². The SMILES string of the molecule is COCc1cc(OC)c(F)cc1C(C)CO. The van der Waals surface area contributed by atoms with Gasteiger partial charge in [0.1, 0.15) is 0 Å². The minimum Gasteiger partial charge on any atom is -0.494 e. The molecule has 16 heavy (non-hydrogen) atoms. The molecule has 90 valence electrons. The summed E-state index contributed by atoms with van der Waals surface area (Å²) in [6.07, 6.45) is 0. The van der Waals surface area contributed by atoms with Gasteiger partial charge in [-0.2, -0.15) is 0 Å². The Labute approximate surface area is 94.8 Å². The second kappa shape index (κ2) is 5.82. The molecule has 3 nitrogen and oxygen atoms in total. The smallest absolute Gasteiger partial charge is 0.165 e. The summed E-state index contributed by atoms with van der Waals surface area (Å²) in [5.41, 5.74) is 1.59. The molecule has 1 aromatic rings. The standard InChI is InChI=1S/C12H17FO3/c1-8(6-14)10-5-11(13)12(16-3)4-9(10)7-15-2/h4-5,8,14H,6-7H2,1-3H3. The Morgan fingerprint density at radius 2 is 2.06 bits per heavy atom. The van der Waals surface area contributed by atoms with Crippen molar-refractivity contribution >= 4 is 0 Å². The van der Waals surface area contributed by atoms with Crippen molar-refractivity contribution in [3.63, 3.8) is 0 Å².